The number of esters is 1. The summed E-state index contributed by atoms with van der Waals surface area (Å²) >= 11 is 6.56. The maximum atomic E-state index is 13.4. The highest BCUT2D eigenvalue weighted by molar-refractivity contribution is 6.32. The van der Waals surface area contributed by atoms with Gasteiger partial charge >= 0.3 is 11.6 Å². The second-order valence-corrected chi connectivity index (χ2v) is 10.5. The zero-order chi connectivity index (χ0) is 28.7. The molecular formula is C32H27ClN2O6. The van der Waals surface area contributed by atoms with Crippen molar-refractivity contribution in [3.63, 3.8) is 0 Å². The van der Waals surface area contributed by atoms with Crippen LogP contribution in [0.25, 0.3) is 21.9 Å². The van der Waals surface area contributed by atoms with Crippen LogP contribution in [-0.4, -0.2) is 41.5 Å². The number of methoxy groups -OCH3 is 1. The topological polar surface area (TPSA) is 102 Å². The number of para-hydroxylation sites is 1. The first-order valence-electron chi connectivity index (χ1n) is 13.2. The molecule has 1 atom stereocenters. The summed E-state index contributed by atoms with van der Waals surface area (Å²) < 4.78 is 16.5. The lowest BCUT2D eigenvalue weighted by Crippen LogP contribution is -2.50. The van der Waals surface area contributed by atoms with Gasteiger partial charge in [0, 0.05) is 46.5 Å². The Bertz CT molecular complexity index is 1860. The molecule has 0 radical (unpaired) electrons. The molecule has 1 unspecified atom stereocenters. The van der Waals surface area contributed by atoms with Gasteiger partial charge in [0.2, 0.25) is 0 Å². The summed E-state index contributed by atoms with van der Waals surface area (Å²) in [6.45, 7) is 1.69. The molecule has 41 heavy (non-hydrogen) atoms. The van der Waals surface area contributed by atoms with Gasteiger partial charge in [0.15, 0.2) is 6.61 Å². The van der Waals surface area contributed by atoms with E-state index in [9.17, 15) is 14.4 Å². The molecule has 0 bridgehead atoms. The third kappa shape index (κ3) is 4.95. The molecule has 208 valence electrons. The molecule has 1 N–H and O–H groups in total. The van der Waals surface area contributed by atoms with E-state index < -0.39 is 23.5 Å². The highest BCUT2D eigenvalue weighted by Crippen LogP contribution is 2.34. The van der Waals surface area contributed by atoms with Crippen molar-refractivity contribution in [3.8, 4) is 5.75 Å². The number of nitrogens with zero attached hydrogens (tertiary/aromatic N) is 1. The number of amides is 1. The van der Waals surface area contributed by atoms with E-state index in [-0.39, 0.29) is 23.9 Å². The smallest absolute Gasteiger partial charge is 0.340 e. The summed E-state index contributed by atoms with van der Waals surface area (Å²) in [4.78, 5) is 43.8. The van der Waals surface area contributed by atoms with Gasteiger partial charge in [-0.3, -0.25) is 4.79 Å². The van der Waals surface area contributed by atoms with Crippen molar-refractivity contribution < 1.29 is 23.5 Å². The van der Waals surface area contributed by atoms with E-state index in [1.807, 2.05) is 61.5 Å². The summed E-state index contributed by atoms with van der Waals surface area (Å²) in [7, 11) is 1.31. The van der Waals surface area contributed by atoms with Gasteiger partial charge in [-0.05, 0) is 35.7 Å². The average Bonchev–Trinajstić information content (AvgIpc) is 3.35. The van der Waals surface area contributed by atoms with Crippen molar-refractivity contribution in [1.29, 1.82) is 0 Å². The number of ether oxygens (including phenoxy) is 2. The molecule has 1 amide bonds. The molecule has 1 aliphatic rings. The monoisotopic (exact) mass is 570 g/mol. The van der Waals surface area contributed by atoms with Crippen molar-refractivity contribution in [1.82, 2.24) is 9.88 Å². The van der Waals surface area contributed by atoms with Gasteiger partial charge < -0.3 is 23.8 Å². The third-order valence-corrected chi connectivity index (χ3v) is 8.01. The van der Waals surface area contributed by atoms with Crippen LogP contribution in [0.2, 0.25) is 5.02 Å². The normalized spacial score (nSPS) is 14.7. The Morgan fingerprint density at radius 1 is 1.07 bits per heavy atom. The zero-order valence-corrected chi connectivity index (χ0v) is 23.3. The molecule has 5 aromatic rings. The fourth-order valence-electron chi connectivity index (χ4n) is 5.54. The number of nitrogens with one attached hydrogen (secondary N) is 1. The lowest BCUT2D eigenvalue weighted by Gasteiger charge is -2.33. The molecule has 3 heterocycles. The van der Waals surface area contributed by atoms with Crippen LogP contribution in [0.3, 0.4) is 0 Å². The predicted octanol–water partition coefficient (Wildman–Crippen LogP) is 5.33. The Morgan fingerprint density at radius 2 is 1.83 bits per heavy atom. The number of H-pyrrole nitrogens is 1. The molecule has 8 nitrogen and oxygen atoms in total. The van der Waals surface area contributed by atoms with Gasteiger partial charge in [-0.1, -0.05) is 60.1 Å². The highest BCUT2D eigenvalue weighted by atomic mass is 35.5. The van der Waals surface area contributed by atoms with Crippen LogP contribution in [0.5, 0.6) is 5.75 Å². The number of halogens is 1. The molecule has 6 rings (SSSR count). The Balaban J connectivity index is 1.25. The van der Waals surface area contributed by atoms with Crippen LogP contribution in [0, 0.1) is 6.92 Å². The minimum absolute atomic E-state index is 0.198. The molecule has 1 aliphatic heterocycles. The largest absolute Gasteiger partial charge is 0.482 e. The van der Waals surface area contributed by atoms with Gasteiger partial charge in [-0.15, -0.1) is 0 Å². The number of aromatic amines is 1. The minimum Gasteiger partial charge on any atom is -0.482 e. The fraction of sp³-hybridized carbons (Fsp3) is 0.219. The zero-order valence-electron chi connectivity index (χ0n) is 22.5. The Morgan fingerprint density at radius 3 is 2.61 bits per heavy atom. The van der Waals surface area contributed by atoms with Crippen molar-refractivity contribution in [3.05, 3.63) is 110 Å². The molecule has 9 heteroatoms. The van der Waals surface area contributed by atoms with Crippen molar-refractivity contribution >= 4 is 45.3 Å². The number of carbonyl (C=O) groups excluding carboxylic acids is 2. The second kappa shape index (κ2) is 10.8. The number of fused-ring (bicyclic) bond motifs is 4. The Hall–Kier alpha value is -4.56. The fourth-order valence-corrected chi connectivity index (χ4v) is 5.76. The summed E-state index contributed by atoms with van der Waals surface area (Å²) in [5.74, 6) is -0.706. The number of benzene rings is 3. The van der Waals surface area contributed by atoms with E-state index in [0.29, 0.717) is 29.4 Å². The SMILES string of the molecule is COC(=O)C1Cc2c([nH]c3ccccc23)CN1C(=O)COc1cc2oc(=O)c(Cc3ccccc3)c(C)c2cc1Cl. The quantitative estimate of drug-likeness (QED) is 0.219. The van der Waals surface area contributed by atoms with Crippen LogP contribution < -0.4 is 10.4 Å². The van der Waals surface area contributed by atoms with Crippen LogP contribution in [0.4, 0.5) is 0 Å². The summed E-state index contributed by atoms with van der Waals surface area (Å²) in [6.07, 6.45) is 0.759. The number of aromatic nitrogens is 1. The van der Waals surface area contributed by atoms with Gasteiger partial charge in [0.05, 0.1) is 18.7 Å². The van der Waals surface area contributed by atoms with E-state index in [1.165, 1.54) is 18.1 Å². The standard InChI is InChI=1S/C32H27ClN2O6/c1-18-21-13-24(33)29(15-28(21)41-31(37)22(18)12-19-8-4-3-5-9-19)40-17-30(36)35-16-26-23(14-27(35)32(38)39-2)20-10-6-7-11-25(20)34-26/h3-11,13,15,27,34H,12,14,16-17H2,1-2H3. The van der Waals surface area contributed by atoms with Crippen LogP contribution in [-0.2, 0) is 33.7 Å². The molecule has 0 saturated heterocycles. The minimum atomic E-state index is -0.793. The molecule has 2 aromatic heterocycles. The van der Waals surface area contributed by atoms with E-state index in [0.717, 1.165) is 33.3 Å². The highest BCUT2D eigenvalue weighted by Gasteiger charge is 2.37. The van der Waals surface area contributed by atoms with Gasteiger partial charge in [-0.2, -0.15) is 0 Å². The number of hydrogen-bond acceptors (Lipinski definition) is 6. The van der Waals surface area contributed by atoms with E-state index >= 15 is 0 Å². The molecule has 0 aliphatic carbocycles. The van der Waals surface area contributed by atoms with E-state index in [2.05, 4.69) is 4.98 Å². The summed E-state index contributed by atoms with van der Waals surface area (Å²) in [5, 5.41) is 1.98. The number of carbonyl (C=O) groups is 2. The molecule has 0 spiro atoms. The van der Waals surface area contributed by atoms with E-state index in [4.69, 9.17) is 25.5 Å². The summed E-state index contributed by atoms with van der Waals surface area (Å²) in [6, 6.07) is 19.9. The predicted molar refractivity (Wildman–Crippen MR) is 155 cm³/mol. The first kappa shape index (κ1) is 26.7. The van der Waals surface area contributed by atoms with Crippen molar-refractivity contribution in [2.45, 2.75) is 32.4 Å². The lowest BCUT2D eigenvalue weighted by atomic mass is 9.96. The number of rotatable bonds is 6. The van der Waals surface area contributed by atoms with Crippen LogP contribution >= 0.6 is 11.6 Å². The van der Waals surface area contributed by atoms with Crippen LogP contribution in [0.15, 0.2) is 75.9 Å². The molecule has 0 saturated carbocycles. The Labute approximate surface area is 240 Å². The third-order valence-electron chi connectivity index (χ3n) is 7.71. The van der Waals surface area contributed by atoms with Gasteiger partial charge in [-0.25, -0.2) is 9.59 Å². The van der Waals surface area contributed by atoms with Crippen LogP contribution in [0.1, 0.15) is 27.9 Å². The molecule has 3 aromatic carbocycles. The lowest BCUT2D eigenvalue weighted by molar-refractivity contribution is -0.154. The maximum absolute atomic E-state index is 13.4. The second-order valence-electron chi connectivity index (χ2n) is 10.1. The summed E-state index contributed by atoms with van der Waals surface area (Å²) in [5.41, 5.74) is 5.00. The number of aryl methyl sites for hydroxylation is 1. The molecule has 0 fully saturated rings. The first-order chi connectivity index (χ1) is 19.8. The number of hydrogen-bond donors (Lipinski definition) is 1. The van der Waals surface area contributed by atoms with E-state index in [1.54, 1.807) is 6.07 Å². The van der Waals surface area contributed by atoms with Crippen molar-refractivity contribution in [2.75, 3.05) is 13.7 Å². The molecular weight excluding hydrogens is 544 g/mol. The Kier molecular flexibility index (Phi) is 7.01. The van der Waals surface area contributed by atoms with Crippen molar-refractivity contribution in [2.24, 2.45) is 0 Å². The average molecular weight is 571 g/mol. The van der Waals surface area contributed by atoms with Gasteiger partial charge in [0.25, 0.3) is 5.91 Å². The maximum Gasteiger partial charge on any atom is 0.340 e. The first-order valence-corrected chi connectivity index (χ1v) is 13.6. The van der Waals surface area contributed by atoms with Gasteiger partial charge in [0.1, 0.15) is 17.4 Å².